The zero-order chi connectivity index (χ0) is 11.4. The van der Waals surface area contributed by atoms with Gasteiger partial charge in [-0.15, -0.1) is 0 Å². The molecule has 0 radical (unpaired) electrons. The van der Waals surface area contributed by atoms with E-state index in [0.717, 1.165) is 16.9 Å². The first kappa shape index (κ1) is 12.1. The van der Waals surface area contributed by atoms with Crippen LogP contribution in [0.1, 0.15) is 38.0 Å². The lowest BCUT2D eigenvalue weighted by Gasteiger charge is -2.15. The fraction of sp³-hybridized carbons (Fsp3) is 0.538. The Morgan fingerprint density at radius 3 is 2.47 bits per heavy atom. The molecule has 1 aromatic carbocycles. The predicted octanol–water partition coefficient (Wildman–Crippen LogP) is 3.08. The number of aliphatic hydroxyl groups is 1. The lowest BCUT2D eigenvalue weighted by atomic mass is 10.1. The first-order valence-corrected chi connectivity index (χ1v) is 5.42. The quantitative estimate of drug-likeness (QED) is 0.824. The highest BCUT2D eigenvalue weighted by Gasteiger charge is 2.09. The summed E-state index contributed by atoms with van der Waals surface area (Å²) < 4.78 is 5.65. The maximum Gasteiger partial charge on any atom is 0.125 e. The van der Waals surface area contributed by atoms with Crippen molar-refractivity contribution in [3.8, 4) is 5.75 Å². The molecule has 84 valence electrons. The molecule has 1 atom stereocenters. The summed E-state index contributed by atoms with van der Waals surface area (Å²) in [5.74, 6) is 1.29. The monoisotopic (exact) mass is 208 g/mol. The van der Waals surface area contributed by atoms with Crippen LogP contribution in [-0.4, -0.2) is 11.7 Å². The van der Waals surface area contributed by atoms with E-state index < -0.39 is 6.10 Å². The first-order chi connectivity index (χ1) is 7.00. The van der Waals surface area contributed by atoms with Gasteiger partial charge < -0.3 is 9.84 Å². The molecule has 0 spiro atoms. The van der Waals surface area contributed by atoms with E-state index >= 15 is 0 Å². The average Bonchev–Trinajstić information content (AvgIpc) is 2.15. The van der Waals surface area contributed by atoms with Crippen molar-refractivity contribution >= 4 is 0 Å². The van der Waals surface area contributed by atoms with Crippen molar-refractivity contribution in [2.24, 2.45) is 5.92 Å². The number of benzene rings is 1. The van der Waals surface area contributed by atoms with Crippen LogP contribution >= 0.6 is 0 Å². The van der Waals surface area contributed by atoms with E-state index in [1.54, 1.807) is 6.92 Å². The van der Waals surface area contributed by atoms with Gasteiger partial charge in [-0.3, -0.25) is 0 Å². The van der Waals surface area contributed by atoms with Crippen LogP contribution in [0.3, 0.4) is 0 Å². The number of aliphatic hydroxyl groups excluding tert-OH is 1. The number of hydrogen-bond acceptors (Lipinski definition) is 2. The third-order valence-electron chi connectivity index (χ3n) is 2.19. The molecule has 0 aliphatic rings. The summed E-state index contributed by atoms with van der Waals surface area (Å²) in [7, 11) is 0. The molecule has 0 fully saturated rings. The smallest absolute Gasteiger partial charge is 0.125 e. The lowest BCUT2D eigenvalue weighted by Crippen LogP contribution is -2.07. The SMILES string of the molecule is Cc1ccc(OCC(C)C)c([C@@H](C)O)c1. The van der Waals surface area contributed by atoms with Crippen molar-refractivity contribution in [2.45, 2.75) is 33.8 Å². The Labute approximate surface area is 91.9 Å². The van der Waals surface area contributed by atoms with Gasteiger partial charge in [-0.25, -0.2) is 0 Å². The second-order valence-electron chi connectivity index (χ2n) is 4.42. The van der Waals surface area contributed by atoms with Crippen LogP contribution in [0.5, 0.6) is 5.75 Å². The van der Waals surface area contributed by atoms with Gasteiger partial charge in [0.05, 0.1) is 12.7 Å². The van der Waals surface area contributed by atoms with Gasteiger partial charge in [0.1, 0.15) is 5.75 Å². The summed E-state index contributed by atoms with van der Waals surface area (Å²) in [6.45, 7) is 8.67. The maximum atomic E-state index is 9.61. The molecule has 0 bridgehead atoms. The fourth-order valence-electron chi connectivity index (χ4n) is 1.38. The molecule has 1 aromatic rings. The zero-order valence-electron chi connectivity index (χ0n) is 9.95. The summed E-state index contributed by atoms with van der Waals surface area (Å²) in [5.41, 5.74) is 2.01. The molecule has 1 N–H and O–H groups in total. The van der Waals surface area contributed by atoms with Gasteiger partial charge in [0.15, 0.2) is 0 Å². The minimum Gasteiger partial charge on any atom is -0.493 e. The van der Waals surface area contributed by atoms with Gasteiger partial charge in [0.2, 0.25) is 0 Å². The highest BCUT2D eigenvalue weighted by molar-refractivity contribution is 5.38. The first-order valence-electron chi connectivity index (χ1n) is 5.42. The molecular formula is C13H20O2. The Balaban J connectivity index is 2.86. The standard InChI is InChI=1S/C13H20O2/c1-9(2)8-15-13-6-5-10(3)7-12(13)11(4)14/h5-7,9,11,14H,8H2,1-4H3/t11-/m1/s1. The highest BCUT2D eigenvalue weighted by Crippen LogP contribution is 2.26. The lowest BCUT2D eigenvalue weighted by molar-refractivity contribution is 0.188. The normalized spacial score (nSPS) is 12.9. The summed E-state index contributed by atoms with van der Waals surface area (Å²) in [6, 6.07) is 5.90. The Kier molecular flexibility index (Phi) is 4.15. The molecule has 0 aliphatic carbocycles. The van der Waals surface area contributed by atoms with E-state index in [4.69, 9.17) is 4.74 Å². The third kappa shape index (κ3) is 3.56. The molecule has 0 heterocycles. The summed E-state index contributed by atoms with van der Waals surface area (Å²) in [5, 5.41) is 9.61. The Hall–Kier alpha value is -1.02. The van der Waals surface area contributed by atoms with Crippen molar-refractivity contribution in [2.75, 3.05) is 6.61 Å². The van der Waals surface area contributed by atoms with E-state index in [9.17, 15) is 5.11 Å². The minimum absolute atomic E-state index is 0.480. The number of hydrogen-bond donors (Lipinski definition) is 1. The molecule has 0 aliphatic heterocycles. The maximum absolute atomic E-state index is 9.61. The second-order valence-corrected chi connectivity index (χ2v) is 4.42. The van der Waals surface area contributed by atoms with Gasteiger partial charge in [-0.1, -0.05) is 25.5 Å². The number of aryl methyl sites for hydroxylation is 1. The summed E-state index contributed by atoms with van der Waals surface area (Å²) in [4.78, 5) is 0. The van der Waals surface area contributed by atoms with Crippen LogP contribution in [0.25, 0.3) is 0 Å². The molecule has 0 amide bonds. The largest absolute Gasteiger partial charge is 0.493 e. The van der Waals surface area contributed by atoms with Crippen molar-refractivity contribution in [1.29, 1.82) is 0 Å². The third-order valence-corrected chi connectivity index (χ3v) is 2.19. The van der Waals surface area contributed by atoms with E-state index in [-0.39, 0.29) is 0 Å². The van der Waals surface area contributed by atoms with Gasteiger partial charge >= 0.3 is 0 Å². The van der Waals surface area contributed by atoms with Crippen molar-refractivity contribution in [3.05, 3.63) is 29.3 Å². The average molecular weight is 208 g/mol. The molecule has 0 saturated heterocycles. The minimum atomic E-state index is -0.480. The van der Waals surface area contributed by atoms with E-state index in [1.165, 1.54) is 0 Å². The van der Waals surface area contributed by atoms with Crippen LogP contribution in [0.4, 0.5) is 0 Å². The number of ether oxygens (including phenoxy) is 1. The predicted molar refractivity (Wildman–Crippen MR) is 62.1 cm³/mol. The fourth-order valence-corrected chi connectivity index (χ4v) is 1.38. The van der Waals surface area contributed by atoms with E-state index in [2.05, 4.69) is 13.8 Å². The molecule has 1 rings (SSSR count). The van der Waals surface area contributed by atoms with Gasteiger partial charge in [0.25, 0.3) is 0 Å². The molecule has 0 saturated carbocycles. The molecule has 2 heteroatoms. The highest BCUT2D eigenvalue weighted by atomic mass is 16.5. The zero-order valence-corrected chi connectivity index (χ0v) is 9.95. The molecule has 15 heavy (non-hydrogen) atoms. The second kappa shape index (κ2) is 5.17. The van der Waals surface area contributed by atoms with Crippen LogP contribution in [0, 0.1) is 12.8 Å². The van der Waals surface area contributed by atoms with Crippen molar-refractivity contribution < 1.29 is 9.84 Å². The van der Waals surface area contributed by atoms with Gasteiger partial charge in [0, 0.05) is 5.56 Å². The molecular weight excluding hydrogens is 188 g/mol. The van der Waals surface area contributed by atoms with E-state index in [1.807, 2.05) is 25.1 Å². The summed E-state index contributed by atoms with van der Waals surface area (Å²) in [6.07, 6.45) is -0.480. The van der Waals surface area contributed by atoms with Crippen molar-refractivity contribution in [3.63, 3.8) is 0 Å². The van der Waals surface area contributed by atoms with Gasteiger partial charge in [-0.05, 0) is 31.9 Å². The van der Waals surface area contributed by atoms with Crippen LogP contribution < -0.4 is 4.74 Å². The van der Waals surface area contributed by atoms with Crippen LogP contribution in [0.2, 0.25) is 0 Å². The molecule has 0 aromatic heterocycles. The number of rotatable bonds is 4. The Morgan fingerprint density at radius 2 is 1.93 bits per heavy atom. The van der Waals surface area contributed by atoms with Crippen LogP contribution in [-0.2, 0) is 0 Å². The topological polar surface area (TPSA) is 29.5 Å². The van der Waals surface area contributed by atoms with Crippen molar-refractivity contribution in [1.82, 2.24) is 0 Å². The van der Waals surface area contributed by atoms with Gasteiger partial charge in [-0.2, -0.15) is 0 Å². The van der Waals surface area contributed by atoms with Crippen LogP contribution in [0.15, 0.2) is 18.2 Å². The molecule has 0 unspecified atom stereocenters. The Morgan fingerprint density at radius 1 is 1.27 bits per heavy atom. The van der Waals surface area contributed by atoms with E-state index in [0.29, 0.717) is 12.5 Å². The molecule has 2 nitrogen and oxygen atoms in total. The summed E-state index contributed by atoms with van der Waals surface area (Å²) >= 11 is 0. The Bertz CT molecular complexity index is 316.